The Kier molecular flexibility index (Phi) is 4.93. The number of H-pyrrole nitrogens is 1. The number of aromatic nitrogens is 2. The topological polar surface area (TPSA) is 74.8 Å². The summed E-state index contributed by atoms with van der Waals surface area (Å²) in [5, 5.41) is 2.82. The minimum Gasteiger partial charge on any atom is -0.339 e. The van der Waals surface area contributed by atoms with Crippen LogP contribution < -0.4 is 10.9 Å². The summed E-state index contributed by atoms with van der Waals surface area (Å²) in [5.74, 6) is -0.936. The first-order valence-corrected chi connectivity index (χ1v) is 8.12. The molecule has 0 saturated heterocycles. The normalized spacial score (nSPS) is 11.8. The van der Waals surface area contributed by atoms with E-state index in [0.29, 0.717) is 0 Å². The highest BCUT2D eigenvalue weighted by atomic mass is 19.1. The third-order valence-corrected chi connectivity index (χ3v) is 3.96. The van der Waals surface area contributed by atoms with Crippen LogP contribution >= 0.6 is 0 Å². The predicted molar refractivity (Wildman–Crippen MR) is 96.5 cm³/mol. The molecule has 6 heteroatoms. The molecule has 132 valence electrons. The zero-order valence-electron chi connectivity index (χ0n) is 14.4. The summed E-state index contributed by atoms with van der Waals surface area (Å²) in [6.07, 6.45) is 2.81. The Morgan fingerprint density at radius 3 is 2.50 bits per heavy atom. The van der Waals surface area contributed by atoms with Crippen molar-refractivity contribution in [2.45, 2.75) is 19.9 Å². The van der Waals surface area contributed by atoms with Gasteiger partial charge in [-0.25, -0.2) is 4.39 Å². The third-order valence-electron chi connectivity index (χ3n) is 3.96. The van der Waals surface area contributed by atoms with Gasteiger partial charge in [0.15, 0.2) is 0 Å². The number of amides is 1. The number of hydrogen-bond acceptors (Lipinski definition) is 3. The molecule has 0 fully saturated rings. The van der Waals surface area contributed by atoms with E-state index in [1.807, 2.05) is 32.0 Å². The van der Waals surface area contributed by atoms with Crippen LogP contribution in [0.3, 0.4) is 0 Å². The van der Waals surface area contributed by atoms with Gasteiger partial charge in [0.05, 0.1) is 11.6 Å². The van der Waals surface area contributed by atoms with Gasteiger partial charge in [-0.15, -0.1) is 0 Å². The Bertz CT molecular complexity index is 973. The Labute approximate surface area is 149 Å². The van der Waals surface area contributed by atoms with Crippen LogP contribution in [-0.4, -0.2) is 15.9 Å². The molecular weight excluding hydrogens is 333 g/mol. The highest BCUT2D eigenvalue weighted by Gasteiger charge is 2.22. The van der Waals surface area contributed by atoms with Gasteiger partial charge >= 0.3 is 0 Å². The lowest BCUT2D eigenvalue weighted by molar-refractivity contribution is 0.0941. The van der Waals surface area contributed by atoms with E-state index < -0.39 is 17.8 Å². The molecule has 0 aliphatic heterocycles. The number of nitrogens with one attached hydrogen (secondary N) is 2. The fourth-order valence-corrected chi connectivity index (χ4v) is 2.86. The van der Waals surface area contributed by atoms with Crippen molar-refractivity contribution in [3.05, 3.63) is 99.0 Å². The molecule has 5 nitrogen and oxygen atoms in total. The predicted octanol–water partition coefficient (Wildman–Crippen LogP) is 3.05. The molecule has 0 saturated carbocycles. The van der Waals surface area contributed by atoms with Gasteiger partial charge in [-0.1, -0.05) is 29.3 Å². The maximum absolute atomic E-state index is 14.4. The molecule has 3 rings (SSSR count). The Hall–Kier alpha value is -3.28. The fraction of sp³-hybridized carbons (Fsp3) is 0.150. The number of rotatable bonds is 4. The Balaban J connectivity index is 2.03. The van der Waals surface area contributed by atoms with Gasteiger partial charge in [-0.2, -0.15) is 0 Å². The van der Waals surface area contributed by atoms with Gasteiger partial charge in [-0.3, -0.25) is 14.6 Å². The van der Waals surface area contributed by atoms with Crippen molar-refractivity contribution in [2.75, 3.05) is 0 Å². The van der Waals surface area contributed by atoms with Crippen molar-refractivity contribution in [3.63, 3.8) is 0 Å². The zero-order chi connectivity index (χ0) is 18.7. The van der Waals surface area contributed by atoms with E-state index in [9.17, 15) is 14.0 Å². The highest BCUT2D eigenvalue weighted by molar-refractivity contribution is 5.94. The van der Waals surface area contributed by atoms with E-state index in [4.69, 9.17) is 0 Å². The second-order valence-corrected chi connectivity index (χ2v) is 6.14. The van der Waals surface area contributed by atoms with Gasteiger partial charge in [-0.05, 0) is 37.6 Å². The molecule has 2 heterocycles. The average Bonchev–Trinajstić information content (AvgIpc) is 2.60. The summed E-state index contributed by atoms with van der Waals surface area (Å²) in [7, 11) is 0. The van der Waals surface area contributed by atoms with Crippen LogP contribution in [0.1, 0.15) is 38.8 Å². The lowest BCUT2D eigenvalue weighted by Gasteiger charge is -2.20. The fourth-order valence-electron chi connectivity index (χ4n) is 2.86. The molecule has 0 unspecified atom stereocenters. The van der Waals surface area contributed by atoms with Crippen LogP contribution in [0.15, 0.2) is 59.7 Å². The summed E-state index contributed by atoms with van der Waals surface area (Å²) < 4.78 is 14.4. The van der Waals surface area contributed by atoms with Crippen LogP contribution in [0.4, 0.5) is 4.39 Å². The molecule has 2 N–H and O–H groups in total. The second-order valence-electron chi connectivity index (χ2n) is 6.14. The molecule has 3 aromatic rings. The van der Waals surface area contributed by atoms with E-state index in [-0.39, 0.29) is 16.8 Å². The summed E-state index contributed by atoms with van der Waals surface area (Å²) in [4.78, 5) is 30.4. The number of nitrogens with zero attached hydrogens (tertiary/aromatic N) is 1. The number of hydrogen-bond donors (Lipinski definition) is 2. The molecule has 26 heavy (non-hydrogen) atoms. The van der Waals surface area contributed by atoms with Gasteiger partial charge < -0.3 is 10.3 Å². The Morgan fingerprint density at radius 1 is 1.15 bits per heavy atom. The van der Waals surface area contributed by atoms with E-state index >= 15 is 0 Å². The van der Waals surface area contributed by atoms with Gasteiger partial charge in [0, 0.05) is 18.5 Å². The molecule has 1 aromatic carbocycles. The largest absolute Gasteiger partial charge is 0.339 e. The molecule has 0 radical (unpaired) electrons. The molecule has 0 aliphatic carbocycles. The third kappa shape index (κ3) is 3.85. The van der Waals surface area contributed by atoms with Crippen molar-refractivity contribution in [1.29, 1.82) is 0 Å². The smallest absolute Gasteiger partial charge is 0.253 e. The van der Waals surface area contributed by atoms with Gasteiger partial charge in [0.25, 0.3) is 5.91 Å². The van der Waals surface area contributed by atoms with E-state index in [2.05, 4.69) is 15.3 Å². The quantitative estimate of drug-likeness (QED) is 0.759. The lowest BCUT2D eigenvalue weighted by atomic mass is 9.98. The van der Waals surface area contributed by atoms with Crippen LogP contribution in [-0.2, 0) is 0 Å². The Morgan fingerprint density at radius 2 is 1.88 bits per heavy atom. The molecule has 1 atom stereocenters. The minimum absolute atomic E-state index is 0.135. The first-order chi connectivity index (χ1) is 12.4. The summed E-state index contributed by atoms with van der Waals surface area (Å²) in [5.41, 5.74) is 2.84. The van der Waals surface area contributed by atoms with E-state index in [1.165, 1.54) is 36.7 Å². The van der Waals surface area contributed by atoms with Crippen molar-refractivity contribution in [1.82, 2.24) is 15.3 Å². The van der Waals surface area contributed by atoms with Crippen LogP contribution in [0, 0.1) is 19.7 Å². The molecule has 0 spiro atoms. The van der Waals surface area contributed by atoms with Crippen molar-refractivity contribution < 1.29 is 9.18 Å². The van der Waals surface area contributed by atoms with Crippen LogP contribution in [0.25, 0.3) is 0 Å². The lowest BCUT2D eigenvalue weighted by Crippen LogP contribution is -2.31. The summed E-state index contributed by atoms with van der Waals surface area (Å²) in [6.45, 7) is 3.87. The monoisotopic (exact) mass is 351 g/mol. The molecule has 2 aromatic heterocycles. The van der Waals surface area contributed by atoms with Gasteiger partial charge in [0.1, 0.15) is 11.5 Å². The number of carbonyl (C=O) groups is 1. The first-order valence-electron chi connectivity index (χ1n) is 8.12. The SMILES string of the molecule is Cc1cc(C)cc([C@H](NC(=O)c2ccc(=O)[nH]c2)c2ncccc2F)c1. The van der Waals surface area contributed by atoms with Crippen molar-refractivity contribution in [2.24, 2.45) is 0 Å². The number of aromatic amines is 1. The van der Waals surface area contributed by atoms with E-state index in [1.54, 1.807) is 0 Å². The van der Waals surface area contributed by atoms with E-state index in [0.717, 1.165) is 16.7 Å². The zero-order valence-corrected chi connectivity index (χ0v) is 14.4. The molecular formula is C20H18FN3O2. The van der Waals surface area contributed by atoms with Gasteiger partial charge in [0.2, 0.25) is 5.56 Å². The molecule has 0 bridgehead atoms. The standard InChI is InChI=1S/C20H18FN3O2/c1-12-8-13(2)10-15(9-12)18(19-16(21)4-3-7-22-19)24-20(26)14-5-6-17(25)23-11-14/h3-11,18H,1-2H3,(H,23,25)(H,24,26)/t18-/m0/s1. The summed E-state index contributed by atoms with van der Waals surface area (Å²) >= 11 is 0. The maximum Gasteiger partial charge on any atom is 0.253 e. The summed E-state index contributed by atoms with van der Waals surface area (Å²) in [6, 6.07) is 10.5. The number of halogens is 1. The molecule has 1 amide bonds. The maximum atomic E-state index is 14.4. The number of pyridine rings is 2. The number of aryl methyl sites for hydroxylation is 2. The highest BCUT2D eigenvalue weighted by Crippen LogP contribution is 2.25. The number of carbonyl (C=O) groups excluding carboxylic acids is 1. The van der Waals surface area contributed by atoms with Crippen LogP contribution in [0.2, 0.25) is 0 Å². The van der Waals surface area contributed by atoms with Crippen molar-refractivity contribution in [3.8, 4) is 0 Å². The second kappa shape index (κ2) is 7.31. The van der Waals surface area contributed by atoms with Crippen LogP contribution in [0.5, 0.6) is 0 Å². The average molecular weight is 351 g/mol. The molecule has 0 aliphatic rings. The minimum atomic E-state index is -0.755. The van der Waals surface area contributed by atoms with Crippen molar-refractivity contribution >= 4 is 5.91 Å². The number of benzene rings is 1. The first kappa shape index (κ1) is 17.5.